The molecule has 9 heteroatoms. The van der Waals surface area contributed by atoms with Crippen molar-refractivity contribution in [3.05, 3.63) is 53.2 Å². The number of nitrogens with one attached hydrogen (secondary N) is 1. The van der Waals surface area contributed by atoms with Crippen LogP contribution in [0, 0.1) is 19.7 Å². The van der Waals surface area contributed by atoms with Crippen molar-refractivity contribution in [1.82, 2.24) is 14.3 Å². The molecule has 1 aromatic heterocycles. The van der Waals surface area contributed by atoms with Crippen LogP contribution in [0.15, 0.2) is 30.3 Å². The minimum Gasteiger partial charge on any atom is -0.367 e. The van der Waals surface area contributed by atoms with E-state index in [2.05, 4.69) is 15.3 Å². The standard InChI is InChI=1S/C19H24F2N4O2S/c1-14-10-18(24-15(2)23-14)22-13-19(21)6-8-25(9-7-19)28(26,27)12-16-4-3-5-17(20)11-16/h3-5,10-11H,6-9,12-13H2,1-2H3,(H,22,23,24). The van der Waals surface area contributed by atoms with Crippen LogP contribution in [0.1, 0.15) is 29.9 Å². The normalized spacial score (nSPS) is 17.4. The minimum atomic E-state index is -3.62. The number of alkyl halides is 1. The second-order valence-electron chi connectivity index (χ2n) is 7.23. The summed E-state index contributed by atoms with van der Waals surface area (Å²) < 4.78 is 54.9. The zero-order valence-electron chi connectivity index (χ0n) is 16.0. The number of rotatable bonds is 6. The maximum atomic E-state index is 15.1. The highest BCUT2D eigenvalue weighted by atomic mass is 32.2. The van der Waals surface area contributed by atoms with Crippen LogP contribution in [0.25, 0.3) is 0 Å². The highest BCUT2D eigenvalue weighted by molar-refractivity contribution is 7.88. The summed E-state index contributed by atoms with van der Waals surface area (Å²) in [6.07, 6.45) is 0.177. The highest BCUT2D eigenvalue weighted by Crippen LogP contribution is 2.29. The van der Waals surface area contributed by atoms with Crippen molar-refractivity contribution in [1.29, 1.82) is 0 Å². The number of piperidine rings is 1. The van der Waals surface area contributed by atoms with E-state index in [0.29, 0.717) is 17.2 Å². The monoisotopic (exact) mass is 410 g/mol. The zero-order chi connectivity index (χ0) is 20.4. The second-order valence-corrected chi connectivity index (χ2v) is 9.20. The maximum absolute atomic E-state index is 15.1. The fourth-order valence-electron chi connectivity index (χ4n) is 3.33. The Hall–Kier alpha value is -2.13. The van der Waals surface area contributed by atoms with Gasteiger partial charge < -0.3 is 5.32 Å². The summed E-state index contributed by atoms with van der Waals surface area (Å²) in [4.78, 5) is 8.41. The molecular formula is C19H24F2N4O2S. The van der Waals surface area contributed by atoms with Gasteiger partial charge in [0, 0.05) is 24.8 Å². The molecule has 1 aliphatic heterocycles. The Morgan fingerprint density at radius 1 is 1.18 bits per heavy atom. The van der Waals surface area contributed by atoms with Gasteiger partial charge >= 0.3 is 0 Å². The van der Waals surface area contributed by atoms with E-state index in [1.165, 1.54) is 22.5 Å². The molecule has 3 rings (SSSR count). The molecule has 0 radical (unpaired) electrons. The molecule has 1 aliphatic rings. The lowest BCUT2D eigenvalue weighted by Gasteiger charge is -2.35. The average Bonchev–Trinajstić information content (AvgIpc) is 2.59. The van der Waals surface area contributed by atoms with Crippen LogP contribution in [0.3, 0.4) is 0 Å². The molecule has 0 bridgehead atoms. The van der Waals surface area contributed by atoms with E-state index in [4.69, 9.17) is 0 Å². The number of halogens is 2. The van der Waals surface area contributed by atoms with Gasteiger partial charge in [-0.3, -0.25) is 0 Å². The van der Waals surface area contributed by atoms with Crippen LogP contribution in [0.4, 0.5) is 14.6 Å². The number of anilines is 1. The van der Waals surface area contributed by atoms with E-state index in [1.807, 2.05) is 6.92 Å². The van der Waals surface area contributed by atoms with Crippen molar-refractivity contribution in [2.45, 2.75) is 38.1 Å². The van der Waals surface area contributed by atoms with Crippen molar-refractivity contribution >= 4 is 15.8 Å². The summed E-state index contributed by atoms with van der Waals surface area (Å²) in [5.74, 6) is 0.397. The third kappa shape index (κ3) is 5.23. The first kappa shape index (κ1) is 20.6. The van der Waals surface area contributed by atoms with Gasteiger partial charge in [-0.15, -0.1) is 0 Å². The van der Waals surface area contributed by atoms with Crippen molar-refractivity contribution in [2.24, 2.45) is 0 Å². The molecular weight excluding hydrogens is 386 g/mol. The van der Waals surface area contributed by atoms with Gasteiger partial charge in [0.15, 0.2) is 0 Å². The average molecular weight is 410 g/mol. The lowest BCUT2D eigenvalue weighted by atomic mass is 9.94. The third-order valence-corrected chi connectivity index (χ3v) is 6.65. The van der Waals surface area contributed by atoms with Gasteiger partial charge in [-0.05, 0) is 44.4 Å². The molecule has 0 spiro atoms. The van der Waals surface area contributed by atoms with E-state index in [1.54, 1.807) is 19.1 Å². The number of hydrogen-bond donors (Lipinski definition) is 1. The van der Waals surface area contributed by atoms with Crippen LogP contribution in [0.2, 0.25) is 0 Å². The Morgan fingerprint density at radius 2 is 1.89 bits per heavy atom. The Morgan fingerprint density at radius 3 is 2.54 bits per heavy atom. The Bertz CT molecular complexity index is 924. The topological polar surface area (TPSA) is 75.2 Å². The van der Waals surface area contributed by atoms with Gasteiger partial charge in [0.1, 0.15) is 23.1 Å². The van der Waals surface area contributed by atoms with Gasteiger partial charge in [0.25, 0.3) is 0 Å². The minimum absolute atomic E-state index is 0.0562. The van der Waals surface area contributed by atoms with Crippen molar-refractivity contribution in [2.75, 3.05) is 25.0 Å². The lowest BCUT2D eigenvalue weighted by molar-refractivity contribution is 0.102. The fourth-order valence-corrected chi connectivity index (χ4v) is 4.85. The summed E-state index contributed by atoms with van der Waals surface area (Å²) in [5, 5.41) is 3.00. The molecule has 1 aromatic carbocycles. The zero-order valence-corrected chi connectivity index (χ0v) is 16.8. The van der Waals surface area contributed by atoms with Crippen molar-refractivity contribution < 1.29 is 17.2 Å². The first-order valence-electron chi connectivity index (χ1n) is 9.13. The molecule has 0 atom stereocenters. The van der Waals surface area contributed by atoms with E-state index in [-0.39, 0.29) is 38.2 Å². The van der Waals surface area contributed by atoms with Gasteiger partial charge in [0.05, 0.1) is 12.3 Å². The number of hydrogen-bond acceptors (Lipinski definition) is 5. The first-order valence-corrected chi connectivity index (χ1v) is 10.7. The summed E-state index contributed by atoms with van der Waals surface area (Å²) >= 11 is 0. The fraction of sp³-hybridized carbons (Fsp3) is 0.474. The number of aromatic nitrogens is 2. The van der Waals surface area contributed by atoms with E-state index in [0.717, 1.165) is 5.69 Å². The van der Waals surface area contributed by atoms with E-state index >= 15 is 4.39 Å². The lowest BCUT2D eigenvalue weighted by Crippen LogP contribution is -2.47. The molecule has 1 saturated heterocycles. The molecule has 152 valence electrons. The Labute approximate surface area is 164 Å². The third-order valence-electron chi connectivity index (χ3n) is 4.80. The Kier molecular flexibility index (Phi) is 5.95. The van der Waals surface area contributed by atoms with Crippen LogP contribution < -0.4 is 5.32 Å². The first-order chi connectivity index (χ1) is 13.2. The van der Waals surface area contributed by atoms with Crippen LogP contribution >= 0.6 is 0 Å². The van der Waals surface area contributed by atoms with Crippen molar-refractivity contribution in [3.8, 4) is 0 Å². The molecule has 0 unspecified atom stereocenters. The molecule has 2 heterocycles. The number of benzene rings is 1. The summed E-state index contributed by atoms with van der Waals surface area (Å²) in [6.45, 7) is 3.86. The summed E-state index contributed by atoms with van der Waals surface area (Å²) in [5.41, 5.74) is -0.341. The predicted molar refractivity (Wildman–Crippen MR) is 104 cm³/mol. The molecule has 0 aliphatic carbocycles. The largest absolute Gasteiger partial charge is 0.367 e. The van der Waals surface area contributed by atoms with Crippen LogP contribution in [0.5, 0.6) is 0 Å². The maximum Gasteiger partial charge on any atom is 0.218 e. The SMILES string of the molecule is Cc1cc(NCC2(F)CCN(S(=O)(=O)Cc3cccc(F)c3)CC2)nc(C)n1. The summed E-state index contributed by atoms with van der Waals surface area (Å²) in [6, 6.07) is 7.26. The molecule has 28 heavy (non-hydrogen) atoms. The van der Waals surface area contributed by atoms with Gasteiger partial charge in [0.2, 0.25) is 10.0 Å². The number of sulfonamides is 1. The molecule has 6 nitrogen and oxygen atoms in total. The van der Waals surface area contributed by atoms with E-state index < -0.39 is 21.5 Å². The predicted octanol–water partition coefficient (Wildman–Crippen LogP) is 2.98. The van der Waals surface area contributed by atoms with Crippen molar-refractivity contribution in [3.63, 3.8) is 0 Å². The van der Waals surface area contributed by atoms with Gasteiger partial charge in [-0.2, -0.15) is 0 Å². The number of nitrogens with zero attached hydrogens (tertiary/aromatic N) is 3. The van der Waals surface area contributed by atoms with Crippen LogP contribution in [-0.4, -0.2) is 48.0 Å². The number of aryl methyl sites for hydroxylation is 2. The quantitative estimate of drug-likeness (QED) is 0.793. The molecule has 1 N–H and O–H groups in total. The summed E-state index contributed by atoms with van der Waals surface area (Å²) in [7, 11) is -3.62. The highest BCUT2D eigenvalue weighted by Gasteiger charge is 2.38. The second kappa shape index (κ2) is 8.08. The molecule has 1 fully saturated rings. The van der Waals surface area contributed by atoms with Gasteiger partial charge in [-0.1, -0.05) is 12.1 Å². The smallest absolute Gasteiger partial charge is 0.218 e. The Balaban J connectivity index is 1.58. The molecule has 2 aromatic rings. The molecule has 0 amide bonds. The molecule has 0 saturated carbocycles. The van der Waals surface area contributed by atoms with E-state index in [9.17, 15) is 12.8 Å². The van der Waals surface area contributed by atoms with Gasteiger partial charge in [-0.25, -0.2) is 31.5 Å². The van der Waals surface area contributed by atoms with Crippen LogP contribution in [-0.2, 0) is 15.8 Å².